The van der Waals surface area contributed by atoms with Gasteiger partial charge in [-0.1, -0.05) is 13.8 Å². The Morgan fingerprint density at radius 2 is 2.03 bits per heavy atom. The SMILES string of the molecule is CCCc1nc(C)c2c(=O)[nH]c(-c3cc(S(=O)N4CCC(CC(C)CO[N+](=O)[O-])CC4)ccc3OCC)nn12. The van der Waals surface area contributed by atoms with Crippen molar-refractivity contribution >= 4 is 16.5 Å². The molecule has 3 heterocycles. The fourth-order valence-corrected chi connectivity index (χ4v) is 6.36. The Balaban J connectivity index is 1.56. The molecule has 3 aromatic rings. The van der Waals surface area contributed by atoms with Crippen LogP contribution >= 0.6 is 0 Å². The lowest BCUT2D eigenvalue weighted by Gasteiger charge is -2.32. The van der Waals surface area contributed by atoms with Crippen molar-refractivity contribution in [1.29, 1.82) is 0 Å². The molecule has 1 aliphatic heterocycles. The zero-order valence-corrected chi connectivity index (χ0v) is 23.7. The van der Waals surface area contributed by atoms with Gasteiger partial charge < -0.3 is 14.6 Å². The molecule has 12 nitrogen and oxygen atoms in total. The van der Waals surface area contributed by atoms with E-state index in [-0.39, 0.29) is 18.1 Å². The summed E-state index contributed by atoms with van der Waals surface area (Å²) in [7, 11) is -1.41. The standard InChI is InChI=1S/C26H36N6O6S/c1-5-7-23-27-18(4)24-26(33)28-25(29-31(23)24)21-15-20(8-9-22(21)37-6-2)39(36)30-12-10-19(11-13-30)14-17(3)16-38-32(34)35/h8-9,15,17,19H,5-7,10-14,16H2,1-4H3,(H,28,29,33). The molecule has 1 aromatic carbocycles. The number of ether oxygens (including phenoxy) is 1. The van der Waals surface area contributed by atoms with E-state index in [1.807, 2.05) is 25.1 Å². The van der Waals surface area contributed by atoms with Gasteiger partial charge in [0.2, 0.25) is 0 Å². The van der Waals surface area contributed by atoms with Crippen molar-refractivity contribution in [2.45, 2.75) is 64.7 Å². The van der Waals surface area contributed by atoms with Gasteiger partial charge in [0.25, 0.3) is 10.6 Å². The van der Waals surface area contributed by atoms with E-state index in [2.05, 4.69) is 14.8 Å². The lowest BCUT2D eigenvalue weighted by atomic mass is 9.89. The number of piperidine rings is 1. The van der Waals surface area contributed by atoms with Crippen LogP contribution in [0.3, 0.4) is 0 Å². The summed E-state index contributed by atoms with van der Waals surface area (Å²) in [5, 5.41) is 14.4. The molecule has 39 heavy (non-hydrogen) atoms. The molecule has 0 aliphatic carbocycles. The van der Waals surface area contributed by atoms with E-state index in [1.165, 1.54) is 0 Å². The molecular formula is C26H36N6O6S. The van der Waals surface area contributed by atoms with E-state index in [0.29, 0.717) is 65.3 Å². The smallest absolute Gasteiger partial charge is 0.294 e. The largest absolute Gasteiger partial charge is 0.493 e. The number of benzene rings is 1. The highest BCUT2D eigenvalue weighted by molar-refractivity contribution is 7.82. The van der Waals surface area contributed by atoms with Crippen molar-refractivity contribution in [3.63, 3.8) is 0 Å². The molecule has 1 N–H and O–H groups in total. The predicted octanol–water partition coefficient (Wildman–Crippen LogP) is 3.71. The van der Waals surface area contributed by atoms with Crippen LogP contribution in [0.4, 0.5) is 0 Å². The summed E-state index contributed by atoms with van der Waals surface area (Å²) < 4.78 is 23.0. The molecule has 4 rings (SSSR count). The van der Waals surface area contributed by atoms with Gasteiger partial charge in [0, 0.05) is 19.5 Å². The molecule has 1 aliphatic rings. The van der Waals surface area contributed by atoms with Crippen molar-refractivity contribution in [2.24, 2.45) is 11.8 Å². The maximum Gasteiger partial charge on any atom is 0.294 e. The number of H-pyrrole nitrogens is 1. The number of aromatic amines is 1. The normalized spacial score (nSPS) is 16.3. The van der Waals surface area contributed by atoms with E-state index in [4.69, 9.17) is 9.84 Å². The van der Waals surface area contributed by atoms with E-state index in [9.17, 15) is 19.1 Å². The van der Waals surface area contributed by atoms with Gasteiger partial charge in [-0.3, -0.25) is 4.79 Å². The average molecular weight is 561 g/mol. The van der Waals surface area contributed by atoms with Crippen LogP contribution in [0.5, 0.6) is 5.75 Å². The Morgan fingerprint density at radius 1 is 1.28 bits per heavy atom. The maximum atomic E-state index is 13.6. The van der Waals surface area contributed by atoms with Gasteiger partial charge in [-0.2, -0.15) is 0 Å². The number of hydrogen-bond donors (Lipinski definition) is 1. The quantitative estimate of drug-likeness (QED) is 0.261. The number of hydrogen-bond acceptors (Lipinski definition) is 8. The van der Waals surface area contributed by atoms with Crippen molar-refractivity contribution in [3.8, 4) is 17.1 Å². The van der Waals surface area contributed by atoms with Crippen molar-refractivity contribution < 1.29 is 18.9 Å². The summed E-state index contributed by atoms with van der Waals surface area (Å²) in [6.45, 7) is 9.48. The fraction of sp³-hybridized carbons (Fsp3) is 0.577. The third-order valence-corrected chi connectivity index (χ3v) is 8.42. The second-order valence-electron chi connectivity index (χ2n) is 10.00. The second kappa shape index (κ2) is 12.7. The minimum absolute atomic E-state index is 0.0789. The van der Waals surface area contributed by atoms with Gasteiger partial charge in [-0.25, -0.2) is 18.0 Å². The summed E-state index contributed by atoms with van der Waals surface area (Å²) >= 11 is 0. The fourth-order valence-electron chi connectivity index (χ4n) is 5.11. The minimum atomic E-state index is -1.41. The highest BCUT2D eigenvalue weighted by Crippen LogP contribution is 2.32. The molecule has 0 amide bonds. The minimum Gasteiger partial charge on any atom is -0.493 e. The number of nitrogens with zero attached hydrogens (tertiary/aromatic N) is 5. The second-order valence-corrected chi connectivity index (χ2v) is 11.5. The number of aryl methyl sites for hydroxylation is 2. The first-order valence-corrected chi connectivity index (χ1v) is 14.5. The molecular weight excluding hydrogens is 524 g/mol. The Kier molecular flexibility index (Phi) is 9.33. The van der Waals surface area contributed by atoms with Crippen LogP contribution in [0.2, 0.25) is 0 Å². The Bertz CT molecular complexity index is 1400. The average Bonchev–Trinajstić information content (AvgIpc) is 3.23. The molecule has 0 radical (unpaired) electrons. The summed E-state index contributed by atoms with van der Waals surface area (Å²) in [5.41, 5.74) is 1.31. The Labute approximate surface area is 229 Å². The first-order chi connectivity index (χ1) is 18.7. The zero-order chi connectivity index (χ0) is 28.1. The molecule has 13 heteroatoms. The predicted molar refractivity (Wildman–Crippen MR) is 146 cm³/mol. The van der Waals surface area contributed by atoms with Gasteiger partial charge >= 0.3 is 0 Å². The van der Waals surface area contributed by atoms with E-state index < -0.39 is 16.1 Å². The van der Waals surface area contributed by atoms with Crippen molar-refractivity contribution in [3.05, 3.63) is 50.2 Å². The molecule has 2 aromatic heterocycles. The van der Waals surface area contributed by atoms with Gasteiger partial charge in [-0.05, 0) is 69.6 Å². The number of aromatic nitrogens is 4. The molecule has 212 valence electrons. The summed E-state index contributed by atoms with van der Waals surface area (Å²) in [5.74, 6) is 2.07. The zero-order valence-electron chi connectivity index (χ0n) is 22.8. The Morgan fingerprint density at radius 3 is 2.69 bits per heavy atom. The number of imidazole rings is 1. The molecule has 2 unspecified atom stereocenters. The maximum absolute atomic E-state index is 13.6. The molecule has 0 bridgehead atoms. The van der Waals surface area contributed by atoms with Gasteiger partial charge in [-0.15, -0.1) is 15.2 Å². The topological polar surface area (TPSA) is 145 Å². The summed E-state index contributed by atoms with van der Waals surface area (Å²) in [6.07, 6.45) is 4.08. The van der Waals surface area contributed by atoms with Crippen LogP contribution in [0, 0.1) is 28.9 Å². The first-order valence-electron chi connectivity index (χ1n) is 13.4. The number of rotatable bonds is 12. The van der Waals surface area contributed by atoms with Crippen LogP contribution in [0.25, 0.3) is 16.9 Å². The van der Waals surface area contributed by atoms with E-state index in [1.54, 1.807) is 29.6 Å². The van der Waals surface area contributed by atoms with E-state index >= 15 is 0 Å². The lowest BCUT2D eigenvalue weighted by Crippen LogP contribution is -2.35. The van der Waals surface area contributed by atoms with Gasteiger partial charge in [0.05, 0.1) is 29.4 Å². The molecule has 2 atom stereocenters. The van der Waals surface area contributed by atoms with Gasteiger partial charge in [0.1, 0.15) is 22.6 Å². The highest BCUT2D eigenvalue weighted by Gasteiger charge is 2.26. The molecule has 1 fully saturated rings. The lowest BCUT2D eigenvalue weighted by molar-refractivity contribution is -0.759. The highest BCUT2D eigenvalue weighted by atomic mass is 32.2. The van der Waals surface area contributed by atoms with Crippen LogP contribution in [-0.2, 0) is 22.2 Å². The van der Waals surface area contributed by atoms with Crippen molar-refractivity contribution in [2.75, 3.05) is 26.3 Å². The summed E-state index contributed by atoms with van der Waals surface area (Å²) in [4.78, 5) is 36.0. The summed E-state index contributed by atoms with van der Waals surface area (Å²) in [6, 6.07) is 5.33. The first kappa shape index (κ1) is 28.7. The molecule has 1 saturated heterocycles. The van der Waals surface area contributed by atoms with Gasteiger partial charge in [0.15, 0.2) is 11.3 Å². The third kappa shape index (κ3) is 6.64. The number of nitrogens with one attached hydrogen (secondary N) is 1. The number of fused-ring (bicyclic) bond motifs is 1. The molecule has 0 saturated carbocycles. The van der Waals surface area contributed by atoms with Crippen LogP contribution < -0.4 is 10.3 Å². The van der Waals surface area contributed by atoms with Crippen LogP contribution in [0.1, 0.15) is 58.0 Å². The monoisotopic (exact) mass is 560 g/mol. The van der Waals surface area contributed by atoms with Crippen LogP contribution in [-0.4, -0.2) is 59.5 Å². The van der Waals surface area contributed by atoms with Crippen molar-refractivity contribution in [1.82, 2.24) is 23.9 Å². The Hall–Kier alpha value is -3.32. The third-order valence-electron chi connectivity index (χ3n) is 6.93. The van der Waals surface area contributed by atoms with E-state index in [0.717, 1.165) is 31.5 Å². The van der Waals surface area contributed by atoms with Crippen LogP contribution in [0.15, 0.2) is 27.9 Å². The molecule has 0 spiro atoms.